The number of aromatic nitrogens is 5. The van der Waals surface area contributed by atoms with Gasteiger partial charge in [-0.15, -0.1) is 5.10 Å². The molecule has 0 spiro atoms. The van der Waals surface area contributed by atoms with Gasteiger partial charge in [0.05, 0.1) is 23.9 Å². The first-order chi connectivity index (χ1) is 15.9. The number of hydrogen-bond donors (Lipinski definition) is 2. The molecule has 4 aromatic rings. The summed E-state index contributed by atoms with van der Waals surface area (Å²) in [6, 6.07) is 12.6. The number of benzene rings is 1. The van der Waals surface area contributed by atoms with Crippen molar-refractivity contribution in [2.75, 3.05) is 12.3 Å². The van der Waals surface area contributed by atoms with Gasteiger partial charge in [-0.3, -0.25) is 0 Å². The summed E-state index contributed by atoms with van der Waals surface area (Å²) in [4.78, 5) is 33.5. The van der Waals surface area contributed by atoms with E-state index in [1.54, 1.807) is 13.0 Å². The highest BCUT2D eigenvalue weighted by atomic mass is 16.5. The highest BCUT2D eigenvalue weighted by Gasteiger charge is 2.24. The molecule has 3 N–H and O–H groups in total. The van der Waals surface area contributed by atoms with Crippen LogP contribution in [0.15, 0.2) is 47.3 Å². The van der Waals surface area contributed by atoms with Crippen molar-refractivity contribution in [3.05, 3.63) is 64.3 Å². The van der Waals surface area contributed by atoms with E-state index in [1.807, 2.05) is 30.3 Å². The Hall–Kier alpha value is -4.05. The van der Waals surface area contributed by atoms with Gasteiger partial charge in [-0.1, -0.05) is 30.3 Å². The van der Waals surface area contributed by atoms with Gasteiger partial charge >= 0.3 is 11.7 Å². The number of carboxylic acids is 1. The van der Waals surface area contributed by atoms with E-state index < -0.39 is 11.7 Å². The van der Waals surface area contributed by atoms with Crippen molar-refractivity contribution >= 4 is 17.6 Å². The van der Waals surface area contributed by atoms with Crippen molar-refractivity contribution in [1.82, 2.24) is 24.1 Å². The van der Waals surface area contributed by atoms with Crippen LogP contribution < -0.4 is 11.4 Å². The van der Waals surface area contributed by atoms with E-state index in [2.05, 4.69) is 15.1 Å². The number of ether oxygens (including phenoxy) is 1. The number of aryl methyl sites for hydroxylation is 1. The molecule has 3 aromatic heterocycles. The number of rotatable bonds is 5. The van der Waals surface area contributed by atoms with Crippen molar-refractivity contribution < 1.29 is 14.6 Å². The highest BCUT2D eigenvalue weighted by molar-refractivity contribution is 5.93. The Morgan fingerprint density at radius 2 is 2.00 bits per heavy atom. The lowest BCUT2D eigenvalue weighted by molar-refractivity contribution is 0.0690. The number of carbonyl (C=O) groups is 1. The van der Waals surface area contributed by atoms with E-state index in [0.29, 0.717) is 41.3 Å². The van der Waals surface area contributed by atoms with Crippen LogP contribution in [0, 0.1) is 6.92 Å². The second kappa shape index (κ2) is 8.14. The average molecular weight is 446 g/mol. The van der Waals surface area contributed by atoms with E-state index >= 15 is 0 Å². The molecule has 0 saturated carbocycles. The van der Waals surface area contributed by atoms with Crippen LogP contribution in [-0.2, 0) is 11.3 Å². The molecule has 1 unspecified atom stereocenters. The molecule has 10 heteroatoms. The number of pyridine rings is 1. The molecule has 1 aliphatic heterocycles. The zero-order chi connectivity index (χ0) is 23.1. The van der Waals surface area contributed by atoms with E-state index in [1.165, 1.54) is 15.1 Å². The number of nitrogen functional groups attached to an aromatic ring is 1. The fourth-order valence-electron chi connectivity index (χ4n) is 4.20. The Morgan fingerprint density at radius 1 is 1.21 bits per heavy atom. The normalized spacial score (nSPS) is 15.8. The SMILES string of the molecule is Cc1cc(-c2c(-c3ccccc3)nc(N)n3c(=O)n(CC4CCCO4)nc23)cc(C(=O)O)n1. The minimum Gasteiger partial charge on any atom is -0.477 e. The molecule has 0 aliphatic carbocycles. The molecule has 5 rings (SSSR count). The van der Waals surface area contributed by atoms with Gasteiger partial charge < -0.3 is 15.6 Å². The number of fused-ring (bicyclic) bond motifs is 1. The van der Waals surface area contributed by atoms with Crippen molar-refractivity contribution in [2.45, 2.75) is 32.4 Å². The third-order valence-corrected chi connectivity index (χ3v) is 5.66. The molecule has 1 aromatic carbocycles. The highest BCUT2D eigenvalue weighted by Crippen LogP contribution is 2.35. The largest absolute Gasteiger partial charge is 0.477 e. The van der Waals surface area contributed by atoms with Crippen LogP contribution in [0.3, 0.4) is 0 Å². The molecule has 1 atom stereocenters. The fourth-order valence-corrected chi connectivity index (χ4v) is 4.20. The van der Waals surface area contributed by atoms with Gasteiger partial charge in [0.15, 0.2) is 5.65 Å². The summed E-state index contributed by atoms with van der Waals surface area (Å²) >= 11 is 0. The molecule has 33 heavy (non-hydrogen) atoms. The summed E-state index contributed by atoms with van der Waals surface area (Å²) in [5.41, 5.74) is 8.81. The molecular weight excluding hydrogens is 424 g/mol. The topological polar surface area (TPSA) is 138 Å². The quantitative estimate of drug-likeness (QED) is 0.477. The number of carboxylic acid groups (broad SMARTS) is 1. The third kappa shape index (κ3) is 3.74. The molecule has 1 aliphatic rings. The molecule has 1 saturated heterocycles. The summed E-state index contributed by atoms with van der Waals surface area (Å²) in [7, 11) is 0. The van der Waals surface area contributed by atoms with Crippen molar-refractivity contribution in [1.29, 1.82) is 0 Å². The van der Waals surface area contributed by atoms with Crippen molar-refractivity contribution in [3.63, 3.8) is 0 Å². The maximum Gasteiger partial charge on any atom is 0.354 e. The minimum atomic E-state index is -1.15. The van der Waals surface area contributed by atoms with Gasteiger partial charge in [0.1, 0.15) is 5.69 Å². The second-order valence-electron chi connectivity index (χ2n) is 8.01. The zero-order valence-corrected chi connectivity index (χ0v) is 17.9. The monoisotopic (exact) mass is 446 g/mol. The lowest BCUT2D eigenvalue weighted by Gasteiger charge is -2.13. The first-order valence-corrected chi connectivity index (χ1v) is 10.6. The molecule has 10 nitrogen and oxygen atoms in total. The molecular formula is C23H22N6O4. The van der Waals surface area contributed by atoms with Crippen LogP contribution in [0.25, 0.3) is 28.0 Å². The van der Waals surface area contributed by atoms with E-state index in [0.717, 1.165) is 18.4 Å². The van der Waals surface area contributed by atoms with Gasteiger partial charge in [-0.2, -0.15) is 0 Å². The lowest BCUT2D eigenvalue weighted by Crippen LogP contribution is -2.28. The van der Waals surface area contributed by atoms with Crippen LogP contribution in [0.1, 0.15) is 29.0 Å². The van der Waals surface area contributed by atoms with Crippen LogP contribution in [-0.4, -0.2) is 47.9 Å². The van der Waals surface area contributed by atoms with Crippen molar-refractivity contribution in [3.8, 4) is 22.4 Å². The number of nitrogens with two attached hydrogens (primary N) is 1. The van der Waals surface area contributed by atoms with Gasteiger partial charge in [0, 0.05) is 17.9 Å². The van der Waals surface area contributed by atoms with Gasteiger partial charge in [0.2, 0.25) is 5.95 Å². The number of aromatic carboxylic acids is 1. The predicted molar refractivity (Wildman–Crippen MR) is 121 cm³/mol. The zero-order valence-electron chi connectivity index (χ0n) is 17.9. The summed E-state index contributed by atoms with van der Waals surface area (Å²) in [5.74, 6) is -1.15. The van der Waals surface area contributed by atoms with Crippen LogP contribution >= 0.6 is 0 Å². The first-order valence-electron chi connectivity index (χ1n) is 10.6. The molecule has 4 heterocycles. The summed E-state index contributed by atoms with van der Waals surface area (Å²) in [5, 5.41) is 14.1. The van der Waals surface area contributed by atoms with Gasteiger partial charge in [0.25, 0.3) is 0 Å². The molecule has 1 fully saturated rings. The molecule has 0 radical (unpaired) electrons. The first kappa shape index (κ1) is 20.8. The lowest BCUT2D eigenvalue weighted by atomic mass is 9.99. The van der Waals surface area contributed by atoms with Crippen molar-refractivity contribution in [2.24, 2.45) is 0 Å². The van der Waals surface area contributed by atoms with Crippen LogP contribution in [0.4, 0.5) is 5.95 Å². The Labute approximate surface area is 188 Å². The Morgan fingerprint density at radius 3 is 2.70 bits per heavy atom. The summed E-state index contributed by atoms with van der Waals surface area (Å²) < 4.78 is 8.27. The standard InChI is InChI=1S/C23H22N6O4/c1-13-10-15(11-17(25-13)21(30)31)18-19(14-6-3-2-4-7-14)26-22(24)29-20(18)27-28(23(29)32)12-16-8-5-9-33-16/h2-4,6-7,10-11,16H,5,8-9,12H2,1H3,(H2,24,26)(H,30,31). The van der Waals surface area contributed by atoms with E-state index in [9.17, 15) is 14.7 Å². The Kier molecular flexibility index (Phi) is 5.14. The average Bonchev–Trinajstić information content (AvgIpc) is 3.42. The molecule has 0 bridgehead atoms. The fraction of sp³-hybridized carbons (Fsp3) is 0.261. The minimum absolute atomic E-state index is 0.000398. The molecule has 0 amide bonds. The maximum atomic E-state index is 13.2. The Bertz CT molecular complexity index is 1420. The number of nitrogens with zero attached hydrogens (tertiary/aromatic N) is 5. The predicted octanol–water partition coefficient (Wildman–Crippen LogP) is 2.39. The van der Waals surface area contributed by atoms with Crippen LogP contribution in [0.5, 0.6) is 0 Å². The third-order valence-electron chi connectivity index (χ3n) is 5.66. The number of hydrogen-bond acceptors (Lipinski definition) is 7. The smallest absolute Gasteiger partial charge is 0.354 e. The van der Waals surface area contributed by atoms with E-state index in [4.69, 9.17) is 10.5 Å². The Balaban J connectivity index is 1.82. The summed E-state index contributed by atoms with van der Waals surface area (Å²) in [6.07, 6.45) is 1.69. The second-order valence-corrected chi connectivity index (χ2v) is 8.01. The number of anilines is 1. The van der Waals surface area contributed by atoms with Crippen LogP contribution in [0.2, 0.25) is 0 Å². The van der Waals surface area contributed by atoms with Gasteiger partial charge in [-0.05, 0) is 37.5 Å². The summed E-state index contributed by atoms with van der Waals surface area (Å²) in [6.45, 7) is 2.67. The molecule has 168 valence electrons. The maximum absolute atomic E-state index is 13.2. The van der Waals surface area contributed by atoms with Gasteiger partial charge in [-0.25, -0.2) is 28.6 Å². The van der Waals surface area contributed by atoms with E-state index in [-0.39, 0.29) is 17.7 Å².